The van der Waals surface area contributed by atoms with E-state index in [4.69, 9.17) is 5.73 Å². The number of hydrogen-bond donors (Lipinski definition) is 1. The van der Waals surface area contributed by atoms with Gasteiger partial charge in [0.2, 0.25) is 5.91 Å². The van der Waals surface area contributed by atoms with Gasteiger partial charge in [-0.15, -0.1) is 0 Å². The summed E-state index contributed by atoms with van der Waals surface area (Å²) >= 11 is 0. The molecule has 1 aliphatic carbocycles. The lowest BCUT2D eigenvalue weighted by Crippen LogP contribution is -2.58. The second kappa shape index (κ2) is 4.97. The molecule has 6 nitrogen and oxygen atoms in total. The van der Waals surface area contributed by atoms with Crippen molar-refractivity contribution in [3.05, 3.63) is 39.9 Å². The summed E-state index contributed by atoms with van der Waals surface area (Å²) in [5.74, 6) is -0.142. The first-order valence-electron chi connectivity index (χ1n) is 6.21. The molecule has 0 spiro atoms. The number of benzene rings is 1. The van der Waals surface area contributed by atoms with E-state index in [1.165, 1.54) is 11.0 Å². The van der Waals surface area contributed by atoms with E-state index in [9.17, 15) is 14.9 Å². The summed E-state index contributed by atoms with van der Waals surface area (Å²) in [5, 5.41) is 10.9. The number of para-hydroxylation sites is 1. The fourth-order valence-corrected chi connectivity index (χ4v) is 2.30. The molecule has 0 unspecified atom stereocenters. The van der Waals surface area contributed by atoms with Gasteiger partial charge in [0.25, 0.3) is 5.69 Å². The van der Waals surface area contributed by atoms with Gasteiger partial charge in [0, 0.05) is 18.7 Å². The van der Waals surface area contributed by atoms with Crippen LogP contribution in [0.4, 0.5) is 5.69 Å². The molecule has 1 amide bonds. The lowest BCUT2D eigenvalue weighted by atomic mass is 9.76. The van der Waals surface area contributed by atoms with Gasteiger partial charge in [0.15, 0.2) is 0 Å². The number of likely N-dealkylation sites (N-methyl/N-ethyl adjacent to an activating group) is 1. The minimum Gasteiger partial charge on any atom is -0.340 e. The van der Waals surface area contributed by atoms with Crippen molar-refractivity contribution in [2.75, 3.05) is 7.05 Å². The number of nitrogens with two attached hydrogens (primary N) is 1. The number of nitrogens with zero attached hydrogens (tertiary/aromatic N) is 2. The molecule has 0 aromatic heterocycles. The highest BCUT2D eigenvalue weighted by Crippen LogP contribution is 2.31. The predicted octanol–water partition coefficient (Wildman–Crippen LogP) is 1.43. The topological polar surface area (TPSA) is 89.5 Å². The van der Waals surface area contributed by atoms with Crippen LogP contribution in [-0.2, 0) is 11.3 Å². The molecular weight excluding hydrogens is 246 g/mol. The van der Waals surface area contributed by atoms with Crippen LogP contribution in [0.1, 0.15) is 24.8 Å². The Morgan fingerprint density at radius 2 is 2.11 bits per heavy atom. The molecule has 0 radical (unpaired) electrons. The van der Waals surface area contributed by atoms with Crippen LogP contribution in [-0.4, -0.2) is 28.3 Å². The summed E-state index contributed by atoms with van der Waals surface area (Å²) in [6.07, 6.45) is 2.33. The van der Waals surface area contributed by atoms with Gasteiger partial charge < -0.3 is 10.6 Å². The molecular formula is C13H17N3O3. The SMILES string of the molecule is CN(Cc1ccccc1[N+](=O)[O-])C(=O)C1(N)CCC1. The monoisotopic (exact) mass is 263 g/mol. The Labute approximate surface area is 111 Å². The number of amides is 1. The normalized spacial score (nSPS) is 16.5. The first-order chi connectivity index (χ1) is 8.94. The standard InChI is InChI=1S/C13H17N3O3/c1-15(12(17)13(14)7-4-8-13)9-10-5-2-3-6-11(10)16(18)19/h2-3,5-6H,4,7-9,14H2,1H3. The van der Waals surface area contributed by atoms with Crippen molar-refractivity contribution in [3.8, 4) is 0 Å². The molecule has 19 heavy (non-hydrogen) atoms. The maximum absolute atomic E-state index is 12.2. The molecule has 0 aliphatic heterocycles. The molecule has 0 bridgehead atoms. The summed E-state index contributed by atoms with van der Waals surface area (Å²) in [7, 11) is 1.63. The molecule has 1 aromatic rings. The Morgan fingerprint density at radius 1 is 1.47 bits per heavy atom. The van der Waals surface area contributed by atoms with Gasteiger partial charge in [0.1, 0.15) is 0 Å². The third kappa shape index (κ3) is 2.58. The van der Waals surface area contributed by atoms with Crippen molar-refractivity contribution in [1.29, 1.82) is 0 Å². The minimum absolute atomic E-state index is 0.0295. The minimum atomic E-state index is -0.766. The Balaban J connectivity index is 2.13. The third-order valence-corrected chi connectivity index (χ3v) is 3.61. The second-order valence-corrected chi connectivity index (χ2v) is 5.06. The van der Waals surface area contributed by atoms with E-state index in [1.807, 2.05) is 0 Å². The van der Waals surface area contributed by atoms with E-state index in [1.54, 1.807) is 25.2 Å². The highest BCUT2D eigenvalue weighted by atomic mass is 16.6. The molecule has 0 heterocycles. The molecule has 1 saturated carbocycles. The summed E-state index contributed by atoms with van der Waals surface area (Å²) in [4.78, 5) is 24.1. The van der Waals surface area contributed by atoms with Crippen LogP contribution < -0.4 is 5.73 Å². The summed E-state index contributed by atoms with van der Waals surface area (Å²) in [6.45, 7) is 0.203. The highest BCUT2D eigenvalue weighted by Gasteiger charge is 2.41. The van der Waals surface area contributed by atoms with Crippen molar-refractivity contribution >= 4 is 11.6 Å². The Morgan fingerprint density at radius 3 is 2.63 bits per heavy atom. The number of nitro benzene ring substituents is 1. The number of carbonyl (C=O) groups excluding carboxylic acids is 1. The lowest BCUT2D eigenvalue weighted by molar-refractivity contribution is -0.385. The average molecular weight is 263 g/mol. The number of rotatable bonds is 4. The van der Waals surface area contributed by atoms with Gasteiger partial charge in [-0.2, -0.15) is 0 Å². The maximum Gasteiger partial charge on any atom is 0.274 e. The smallest absolute Gasteiger partial charge is 0.274 e. The van der Waals surface area contributed by atoms with E-state index < -0.39 is 10.5 Å². The molecule has 0 atom stereocenters. The average Bonchev–Trinajstić information content (AvgIpc) is 2.35. The first-order valence-corrected chi connectivity index (χ1v) is 6.21. The van der Waals surface area contributed by atoms with Crippen LogP contribution in [0, 0.1) is 10.1 Å². The summed E-state index contributed by atoms with van der Waals surface area (Å²) in [6, 6.07) is 6.43. The first kappa shape index (κ1) is 13.5. The molecule has 1 fully saturated rings. The fraction of sp³-hybridized carbons (Fsp3) is 0.462. The van der Waals surface area contributed by atoms with Crippen LogP contribution in [0.3, 0.4) is 0 Å². The molecule has 1 aliphatic rings. The van der Waals surface area contributed by atoms with E-state index in [-0.39, 0.29) is 18.1 Å². The van der Waals surface area contributed by atoms with Crippen LogP contribution in [0.15, 0.2) is 24.3 Å². The molecule has 1 aromatic carbocycles. The number of hydrogen-bond acceptors (Lipinski definition) is 4. The van der Waals surface area contributed by atoms with Crippen molar-refractivity contribution in [2.45, 2.75) is 31.3 Å². The van der Waals surface area contributed by atoms with E-state index in [0.29, 0.717) is 18.4 Å². The van der Waals surface area contributed by atoms with Gasteiger partial charge in [-0.05, 0) is 19.3 Å². The zero-order valence-electron chi connectivity index (χ0n) is 10.8. The zero-order chi connectivity index (χ0) is 14.0. The van der Waals surface area contributed by atoms with Gasteiger partial charge in [-0.1, -0.05) is 18.2 Å². The number of nitro groups is 1. The molecule has 0 saturated heterocycles. The second-order valence-electron chi connectivity index (χ2n) is 5.06. The van der Waals surface area contributed by atoms with Gasteiger partial charge >= 0.3 is 0 Å². The lowest BCUT2D eigenvalue weighted by Gasteiger charge is -2.39. The van der Waals surface area contributed by atoms with Gasteiger partial charge in [-0.3, -0.25) is 14.9 Å². The number of carbonyl (C=O) groups is 1. The van der Waals surface area contributed by atoms with E-state index >= 15 is 0 Å². The Hall–Kier alpha value is -1.95. The quantitative estimate of drug-likeness (QED) is 0.657. The van der Waals surface area contributed by atoms with Crippen LogP contribution in [0.5, 0.6) is 0 Å². The van der Waals surface area contributed by atoms with Gasteiger partial charge in [0.05, 0.1) is 17.0 Å². The largest absolute Gasteiger partial charge is 0.340 e. The third-order valence-electron chi connectivity index (χ3n) is 3.61. The highest BCUT2D eigenvalue weighted by molar-refractivity contribution is 5.87. The van der Waals surface area contributed by atoms with Crippen LogP contribution in [0.25, 0.3) is 0 Å². The van der Waals surface area contributed by atoms with Crippen LogP contribution in [0.2, 0.25) is 0 Å². The van der Waals surface area contributed by atoms with Crippen molar-refractivity contribution in [3.63, 3.8) is 0 Å². The predicted molar refractivity (Wildman–Crippen MR) is 70.3 cm³/mol. The van der Waals surface area contributed by atoms with Crippen molar-refractivity contribution < 1.29 is 9.72 Å². The Bertz CT molecular complexity index is 512. The van der Waals surface area contributed by atoms with Crippen molar-refractivity contribution in [2.24, 2.45) is 5.73 Å². The van der Waals surface area contributed by atoms with E-state index in [0.717, 1.165) is 6.42 Å². The summed E-state index contributed by atoms with van der Waals surface area (Å²) in [5.41, 5.74) is 5.76. The maximum atomic E-state index is 12.2. The molecule has 6 heteroatoms. The zero-order valence-corrected chi connectivity index (χ0v) is 10.8. The molecule has 2 N–H and O–H groups in total. The fourth-order valence-electron chi connectivity index (χ4n) is 2.30. The molecule has 2 rings (SSSR count). The van der Waals surface area contributed by atoms with Gasteiger partial charge in [-0.25, -0.2) is 0 Å². The van der Waals surface area contributed by atoms with E-state index in [2.05, 4.69) is 0 Å². The van der Waals surface area contributed by atoms with Crippen molar-refractivity contribution in [1.82, 2.24) is 4.90 Å². The Kier molecular flexibility index (Phi) is 3.53. The molecule has 102 valence electrons. The van der Waals surface area contributed by atoms with Crippen LogP contribution >= 0.6 is 0 Å². The summed E-state index contributed by atoms with van der Waals surface area (Å²) < 4.78 is 0.